The fourth-order valence-electron chi connectivity index (χ4n) is 2.51. The second kappa shape index (κ2) is 11.4. The zero-order valence-electron chi connectivity index (χ0n) is 17.1. The number of nitrogens with zero attached hydrogens (tertiary/aromatic N) is 5. The summed E-state index contributed by atoms with van der Waals surface area (Å²) in [7, 11) is 1.35. The third kappa shape index (κ3) is 5.90. The predicted molar refractivity (Wildman–Crippen MR) is 114 cm³/mol. The number of hydrogen-bond donors (Lipinski definition) is 0. The summed E-state index contributed by atoms with van der Waals surface area (Å²) in [5, 5.41) is 16.6. The minimum absolute atomic E-state index is 0.0513. The molecule has 0 atom stereocenters. The van der Waals surface area contributed by atoms with Crippen LogP contribution in [0.4, 0.5) is 8.78 Å². The van der Waals surface area contributed by atoms with Crippen LogP contribution in [0.25, 0.3) is 0 Å². The molecule has 0 spiro atoms. The quantitative estimate of drug-likeness (QED) is 0.484. The lowest BCUT2D eigenvalue weighted by atomic mass is 10.2. The van der Waals surface area contributed by atoms with Crippen molar-refractivity contribution in [2.45, 2.75) is 26.8 Å². The van der Waals surface area contributed by atoms with Gasteiger partial charge >= 0.3 is 0 Å². The molecule has 1 aromatic carbocycles. The van der Waals surface area contributed by atoms with Gasteiger partial charge in [-0.3, -0.25) is 9.36 Å². The van der Waals surface area contributed by atoms with Gasteiger partial charge in [-0.1, -0.05) is 37.0 Å². The molecule has 0 aliphatic rings. The van der Waals surface area contributed by atoms with Crippen molar-refractivity contribution in [2.75, 3.05) is 7.11 Å². The summed E-state index contributed by atoms with van der Waals surface area (Å²) in [5.41, 5.74) is -1.25. The summed E-state index contributed by atoms with van der Waals surface area (Å²) < 4.78 is 38.4. The average molecular weight is 484 g/mol. The van der Waals surface area contributed by atoms with E-state index in [2.05, 4.69) is 15.2 Å². The first-order chi connectivity index (χ1) is 15.3. The number of aromatic nitrogens is 4. The van der Waals surface area contributed by atoms with E-state index in [1.165, 1.54) is 31.4 Å². The predicted octanol–water partition coefficient (Wildman–Crippen LogP) is 5.02. The van der Waals surface area contributed by atoms with E-state index < -0.39 is 23.4 Å². The van der Waals surface area contributed by atoms with Gasteiger partial charge in [0.1, 0.15) is 5.75 Å². The number of methoxy groups -OCH3 is 1. The second-order valence-electron chi connectivity index (χ2n) is 5.78. The number of nitriles is 1. The Morgan fingerprint density at radius 1 is 1.19 bits per heavy atom. The van der Waals surface area contributed by atoms with Crippen LogP contribution < -0.4 is 15.0 Å². The van der Waals surface area contributed by atoms with Gasteiger partial charge in [0.2, 0.25) is 11.6 Å². The molecule has 2 heterocycles. The van der Waals surface area contributed by atoms with Gasteiger partial charge in [-0.25, -0.2) is 13.8 Å². The second-order valence-corrected chi connectivity index (χ2v) is 6.61. The Labute approximate surface area is 192 Å². The lowest BCUT2D eigenvalue weighted by Gasteiger charge is -2.14. The van der Waals surface area contributed by atoms with E-state index >= 15 is 0 Å². The Morgan fingerprint density at radius 3 is 2.53 bits per heavy atom. The molecule has 0 N–H and O–H groups in total. The summed E-state index contributed by atoms with van der Waals surface area (Å²) in [6, 6.07) is 7.17. The first-order valence-electron chi connectivity index (χ1n) is 9.14. The number of alkyl halides is 2. The van der Waals surface area contributed by atoms with Crippen LogP contribution in [0.2, 0.25) is 10.2 Å². The van der Waals surface area contributed by atoms with E-state index in [9.17, 15) is 13.6 Å². The maximum Gasteiger partial charge on any atom is 0.297 e. The number of rotatable bonds is 6. The van der Waals surface area contributed by atoms with Crippen molar-refractivity contribution in [1.82, 2.24) is 19.7 Å². The maximum absolute atomic E-state index is 13.4. The van der Waals surface area contributed by atoms with Gasteiger partial charge < -0.3 is 9.47 Å². The fraction of sp³-hybridized carbons (Fsp3) is 0.250. The highest BCUT2D eigenvalue weighted by Gasteiger charge is 2.23. The molecule has 0 radical (unpaired) electrons. The Bertz CT molecular complexity index is 1200. The van der Waals surface area contributed by atoms with Crippen molar-refractivity contribution < 1.29 is 18.3 Å². The summed E-state index contributed by atoms with van der Waals surface area (Å²) in [5.74, 6) is -0.672. The van der Waals surface area contributed by atoms with Gasteiger partial charge in [0.05, 0.1) is 31.6 Å². The van der Waals surface area contributed by atoms with Crippen molar-refractivity contribution in [3.63, 3.8) is 0 Å². The summed E-state index contributed by atoms with van der Waals surface area (Å²) in [4.78, 5) is 16.5. The number of ether oxygens (including phenoxy) is 2. The zero-order chi connectivity index (χ0) is 23.8. The van der Waals surface area contributed by atoms with Crippen molar-refractivity contribution in [3.05, 3.63) is 67.9 Å². The van der Waals surface area contributed by atoms with E-state index in [0.717, 1.165) is 10.9 Å². The molecule has 168 valence electrons. The van der Waals surface area contributed by atoms with E-state index in [1.807, 2.05) is 19.9 Å². The number of benzene rings is 1. The molecule has 3 rings (SSSR count). The Balaban J connectivity index is 0.00000176. The third-order valence-corrected chi connectivity index (χ3v) is 4.19. The van der Waals surface area contributed by atoms with Crippen LogP contribution in [0.3, 0.4) is 0 Å². The van der Waals surface area contributed by atoms with Crippen LogP contribution >= 0.6 is 23.2 Å². The topological polar surface area (TPSA) is 103 Å². The first-order valence-corrected chi connectivity index (χ1v) is 9.90. The molecule has 0 unspecified atom stereocenters. The van der Waals surface area contributed by atoms with Crippen molar-refractivity contribution in [1.29, 1.82) is 5.26 Å². The molecule has 12 heteroatoms. The monoisotopic (exact) mass is 483 g/mol. The minimum atomic E-state index is -3.08. The van der Waals surface area contributed by atoms with Crippen LogP contribution in [-0.4, -0.2) is 26.9 Å². The summed E-state index contributed by atoms with van der Waals surface area (Å²) in [6.07, 6.45) is -2.13. The highest BCUT2D eigenvalue weighted by Crippen LogP contribution is 2.30. The van der Waals surface area contributed by atoms with Crippen LogP contribution in [-0.2, 0) is 6.54 Å². The largest absolute Gasteiger partial charge is 0.480 e. The molecule has 3 aromatic rings. The molecule has 2 aromatic heterocycles. The minimum Gasteiger partial charge on any atom is -0.480 e. The van der Waals surface area contributed by atoms with Crippen molar-refractivity contribution in [3.8, 4) is 23.4 Å². The van der Waals surface area contributed by atoms with Gasteiger partial charge in [0.15, 0.2) is 10.8 Å². The smallest absolute Gasteiger partial charge is 0.297 e. The highest BCUT2D eigenvalue weighted by molar-refractivity contribution is 6.30. The lowest BCUT2D eigenvalue weighted by molar-refractivity contribution is 0.141. The van der Waals surface area contributed by atoms with Crippen molar-refractivity contribution in [2.24, 2.45) is 0 Å². The molecule has 0 bridgehead atoms. The van der Waals surface area contributed by atoms with Crippen LogP contribution in [0, 0.1) is 11.3 Å². The molecule has 0 fully saturated rings. The van der Waals surface area contributed by atoms with E-state index in [-0.39, 0.29) is 33.9 Å². The maximum atomic E-state index is 13.4. The Morgan fingerprint density at radius 2 is 1.91 bits per heavy atom. The van der Waals surface area contributed by atoms with Crippen LogP contribution in [0.1, 0.15) is 37.1 Å². The van der Waals surface area contributed by atoms with Gasteiger partial charge in [-0.2, -0.15) is 5.26 Å². The zero-order valence-corrected chi connectivity index (χ0v) is 18.7. The standard InChI is InChI=1S/C18H11Cl2F2N5O3.C2H6/c1-29-17-10(4-13(20)25-26-17)7-27-8-24-14(16(21)22)15(18(27)28)30-12-3-9(6-23)2-11(19)5-12;1-2/h2-5,8,16H,7H2,1H3;1-2H3. The SMILES string of the molecule is CC.COc1nnc(Cl)cc1Cn1cnc(C(F)F)c(Oc2cc(Cl)cc(C#N)c2)c1=O. The molecular formula is C20H17Cl2F2N5O3. The van der Waals surface area contributed by atoms with Gasteiger partial charge in [-0.15, -0.1) is 10.2 Å². The van der Waals surface area contributed by atoms with E-state index in [4.69, 9.17) is 37.9 Å². The lowest BCUT2D eigenvalue weighted by Crippen LogP contribution is -2.24. The van der Waals surface area contributed by atoms with E-state index in [1.54, 1.807) is 0 Å². The molecule has 8 nitrogen and oxygen atoms in total. The number of hydrogen-bond acceptors (Lipinski definition) is 7. The molecule has 0 saturated heterocycles. The normalized spacial score (nSPS) is 10.2. The average Bonchev–Trinajstić information content (AvgIpc) is 2.77. The van der Waals surface area contributed by atoms with Gasteiger partial charge in [0, 0.05) is 10.6 Å². The van der Waals surface area contributed by atoms with Crippen molar-refractivity contribution >= 4 is 23.2 Å². The Hall–Kier alpha value is -3.29. The number of halogens is 4. The molecule has 32 heavy (non-hydrogen) atoms. The summed E-state index contributed by atoms with van der Waals surface area (Å²) >= 11 is 11.7. The van der Waals surface area contributed by atoms with E-state index in [0.29, 0.717) is 5.56 Å². The molecule has 0 amide bonds. The van der Waals surface area contributed by atoms with Crippen LogP contribution in [0.15, 0.2) is 35.4 Å². The fourth-order valence-corrected chi connectivity index (χ4v) is 2.91. The first kappa shape index (κ1) is 25.0. The molecule has 0 aliphatic heterocycles. The highest BCUT2D eigenvalue weighted by atomic mass is 35.5. The molecular weight excluding hydrogens is 467 g/mol. The Kier molecular flexibility index (Phi) is 8.87. The van der Waals surface area contributed by atoms with Gasteiger partial charge in [0.25, 0.3) is 12.0 Å². The molecule has 0 aliphatic carbocycles. The summed E-state index contributed by atoms with van der Waals surface area (Å²) in [6.45, 7) is 3.85. The third-order valence-electron chi connectivity index (χ3n) is 3.79. The molecule has 0 saturated carbocycles. The van der Waals surface area contributed by atoms with Crippen LogP contribution in [0.5, 0.6) is 17.4 Å². The van der Waals surface area contributed by atoms with Gasteiger partial charge in [-0.05, 0) is 24.3 Å².